The van der Waals surface area contributed by atoms with E-state index in [0.29, 0.717) is 23.5 Å². The van der Waals surface area contributed by atoms with Gasteiger partial charge in [-0.3, -0.25) is 34.2 Å². The number of aromatic nitrogens is 1. The predicted octanol–water partition coefficient (Wildman–Crippen LogP) is 4.75. The van der Waals surface area contributed by atoms with Gasteiger partial charge in [-0.05, 0) is 78.3 Å². The van der Waals surface area contributed by atoms with Crippen LogP contribution in [0.25, 0.3) is 0 Å². The topological polar surface area (TPSA) is 172 Å². The van der Waals surface area contributed by atoms with Gasteiger partial charge in [0.05, 0.1) is 27.5 Å². The Balaban J connectivity index is 1.08. The van der Waals surface area contributed by atoms with Crippen molar-refractivity contribution in [2.45, 2.75) is 22.6 Å². The van der Waals surface area contributed by atoms with Crippen molar-refractivity contribution < 1.29 is 29.2 Å². The molecule has 47 heavy (non-hydrogen) atoms. The molecule has 3 amide bonds. The highest BCUT2D eigenvalue weighted by Gasteiger charge is 2.69. The molecule has 12 nitrogen and oxygen atoms in total. The minimum absolute atomic E-state index is 0.0155. The number of carbonyl (C=O) groups is 3. The number of thioether (sulfide) groups is 1. The lowest BCUT2D eigenvalue weighted by Gasteiger charge is -2.43. The number of nitrogens with one attached hydrogen (secondary N) is 2. The fourth-order valence-electron chi connectivity index (χ4n) is 8.06. The van der Waals surface area contributed by atoms with Crippen LogP contribution >= 0.6 is 23.1 Å². The quantitative estimate of drug-likeness (QED) is 0.109. The van der Waals surface area contributed by atoms with Crippen molar-refractivity contribution >= 4 is 57.9 Å². The molecule has 1 saturated heterocycles. The second-order valence-electron chi connectivity index (χ2n) is 12.2. The Hall–Kier alpha value is -4.95. The molecule has 14 heteroatoms. The number of aromatic hydroxyl groups is 1. The van der Waals surface area contributed by atoms with Crippen LogP contribution in [0.15, 0.2) is 82.6 Å². The molecular weight excluding hydrogens is 645 g/mol. The van der Waals surface area contributed by atoms with Gasteiger partial charge in [-0.2, -0.15) is 0 Å². The van der Waals surface area contributed by atoms with E-state index in [1.807, 2.05) is 18.2 Å². The molecule has 2 aliphatic carbocycles. The monoisotopic (exact) mass is 670 g/mol. The summed E-state index contributed by atoms with van der Waals surface area (Å²) in [6.07, 6.45) is 0.715. The summed E-state index contributed by atoms with van der Waals surface area (Å²) in [6.45, 7) is -0.247. The van der Waals surface area contributed by atoms with Gasteiger partial charge in [-0.25, -0.2) is 0 Å². The number of carbonyl (C=O) groups excluding carboxylic acids is 3. The Morgan fingerprint density at radius 3 is 2.47 bits per heavy atom. The van der Waals surface area contributed by atoms with Crippen LogP contribution < -0.4 is 19.8 Å². The van der Waals surface area contributed by atoms with Gasteiger partial charge >= 0.3 is 4.87 Å². The van der Waals surface area contributed by atoms with Crippen LogP contribution in [0.5, 0.6) is 11.5 Å². The third kappa shape index (κ3) is 4.81. The zero-order valence-corrected chi connectivity index (χ0v) is 26.0. The third-order valence-electron chi connectivity index (χ3n) is 9.78. The summed E-state index contributed by atoms with van der Waals surface area (Å²) in [4.78, 5) is 68.5. The number of hydrogen-bond acceptors (Lipinski definition) is 10. The number of nitro groups is 1. The Morgan fingerprint density at radius 2 is 1.74 bits per heavy atom. The number of imide groups is 1. The zero-order chi connectivity index (χ0) is 32.6. The molecule has 0 unspecified atom stereocenters. The van der Waals surface area contributed by atoms with Crippen molar-refractivity contribution in [1.82, 2.24) is 4.98 Å². The Morgan fingerprint density at radius 1 is 1.02 bits per heavy atom. The molecule has 3 aromatic carbocycles. The van der Waals surface area contributed by atoms with Crippen molar-refractivity contribution in [2.24, 2.45) is 29.6 Å². The standard InChI is InChI=1S/C33H26N4O8S2/c38-19-10-4-16(5-11-19)34-23(39)14-45-20-3-1-2-15(12-20)24-25-21-13-22(28(25)46-30-29(24)47-33(42)35-30)27-26(21)31(40)36(32(27)41)17-6-8-18(9-7-17)37(43)44/h1-12,21-22,24-28,38H,13-14H2,(H,34,39)(H,35,42)/t21-,22-,24+,25-,26+,27+,28-/m1/s1. The number of ether oxygens (including phenoxy) is 1. The number of nitrogens with zero attached hydrogens (tertiary/aromatic N) is 2. The zero-order valence-electron chi connectivity index (χ0n) is 24.4. The summed E-state index contributed by atoms with van der Waals surface area (Å²) < 4.78 is 5.87. The van der Waals surface area contributed by atoms with E-state index in [-0.39, 0.29) is 69.6 Å². The van der Waals surface area contributed by atoms with Crippen LogP contribution in [-0.4, -0.2) is 44.6 Å². The van der Waals surface area contributed by atoms with Gasteiger partial charge in [0.15, 0.2) is 6.61 Å². The third-order valence-corrected chi connectivity index (χ3v) is 12.4. The second-order valence-corrected chi connectivity index (χ2v) is 14.4. The van der Waals surface area contributed by atoms with E-state index in [1.54, 1.807) is 30.0 Å². The number of anilines is 2. The first kappa shape index (κ1) is 29.5. The number of aromatic amines is 1. The van der Waals surface area contributed by atoms with Crippen LogP contribution in [0.4, 0.5) is 17.1 Å². The van der Waals surface area contributed by atoms with Crippen LogP contribution in [0.1, 0.15) is 22.8 Å². The first-order chi connectivity index (χ1) is 22.7. The number of non-ortho nitro benzene ring substituents is 1. The minimum atomic E-state index is -0.524. The molecule has 7 atom stereocenters. The number of amides is 3. The summed E-state index contributed by atoms with van der Waals surface area (Å²) in [5, 5.41) is 24.1. The highest BCUT2D eigenvalue weighted by atomic mass is 32.2. The van der Waals surface area contributed by atoms with Crippen molar-refractivity contribution in [3.8, 4) is 11.5 Å². The second kappa shape index (κ2) is 11.1. The summed E-state index contributed by atoms with van der Waals surface area (Å²) in [6, 6.07) is 19.0. The van der Waals surface area contributed by atoms with Gasteiger partial charge in [0.25, 0.3) is 11.6 Å². The number of benzene rings is 3. The van der Waals surface area contributed by atoms with Crippen molar-refractivity contribution in [2.75, 3.05) is 16.8 Å². The summed E-state index contributed by atoms with van der Waals surface area (Å²) >= 11 is 2.73. The lowest BCUT2D eigenvalue weighted by atomic mass is 9.68. The summed E-state index contributed by atoms with van der Waals surface area (Å²) in [5.74, 6) is -1.85. The van der Waals surface area contributed by atoms with E-state index < -0.39 is 16.8 Å². The lowest BCUT2D eigenvalue weighted by Crippen LogP contribution is -2.42. The van der Waals surface area contributed by atoms with Gasteiger partial charge in [0.1, 0.15) is 11.5 Å². The fourth-order valence-corrected chi connectivity index (χ4v) is 10.9. The van der Waals surface area contributed by atoms with Crippen molar-refractivity contribution in [3.05, 3.63) is 103 Å². The first-order valence-electron chi connectivity index (χ1n) is 15.0. The number of rotatable bonds is 7. The maximum absolute atomic E-state index is 14.0. The molecule has 3 heterocycles. The van der Waals surface area contributed by atoms with Crippen LogP contribution in [-0.2, 0) is 14.4 Å². The summed E-state index contributed by atoms with van der Waals surface area (Å²) in [5.41, 5.74) is 1.62. The number of phenolic OH excluding ortho intramolecular Hbond substituents is 1. The average Bonchev–Trinajstić information content (AvgIpc) is 3.80. The van der Waals surface area contributed by atoms with E-state index in [0.717, 1.165) is 26.8 Å². The predicted molar refractivity (Wildman–Crippen MR) is 173 cm³/mol. The number of fused-ring (bicyclic) bond motifs is 9. The SMILES string of the molecule is O=C(COc1cccc([C@@H]2c3sc(=O)[nH]c3S[C@@H]3[C@@H]4C[C@@H]([C@@H]5C(=O)N(c6ccc([N+](=O)[O-])cc6)C(=O)[C@@H]45)[C@H]23)c1)Nc1ccc(O)cc1. The molecule has 2 bridgehead atoms. The van der Waals surface area contributed by atoms with Crippen molar-refractivity contribution in [3.63, 3.8) is 0 Å². The molecule has 3 N–H and O–H groups in total. The normalized spacial score (nSPS) is 26.9. The number of hydrogen-bond donors (Lipinski definition) is 3. The molecule has 4 aromatic rings. The van der Waals surface area contributed by atoms with E-state index >= 15 is 0 Å². The van der Waals surface area contributed by atoms with Crippen molar-refractivity contribution in [1.29, 1.82) is 0 Å². The van der Waals surface area contributed by atoms with Crippen LogP contribution in [0.2, 0.25) is 0 Å². The molecule has 2 saturated carbocycles. The van der Waals surface area contributed by atoms with Gasteiger partial charge in [-0.15, -0.1) is 11.8 Å². The smallest absolute Gasteiger partial charge is 0.305 e. The largest absolute Gasteiger partial charge is 0.508 e. The highest BCUT2D eigenvalue weighted by Crippen LogP contribution is 2.68. The van der Waals surface area contributed by atoms with E-state index in [4.69, 9.17) is 4.74 Å². The highest BCUT2D eigenvalue weighted by molar-refractivity contribution is 8.00. The van der Waals surface area contributed by atoms with Crippen LogP contribution in [0, 0.1) is 39.7 Å². The maximum Gasteiger partial charge on any atom is 0.305 e. The first-order valence-corrected chi connectivity index (χ1v) is 16.7. The van der Waals surface area contributed by atoms with E-state index in [1.165, 1.54) is 41.3 Å². The molecule has 1 aromatic heterocycles. The van der Waals surface area contributed by atoms with Gasteiger partial charge < -0.3 is 20.1 Å². The van der Waals surface area contributed by atoms with Crippen LogP contribution in [0.3, 0.4) is 0 Å². The molecule has 238 valence electrons. The Bertz CT molecular complexity index is 2010. The Labute approximate surface area is 274 Å². The van der Waals surface area contributed by atoms with Gasteiger partial charge in [-0.1, -0.05) is 23.5 Å². The Kier molecular flexibility index (Phi) is 6.95. The number of H-pyrrole nitrogens is 1. The van der Waals surface area contributed by atoms with E-state index in [9.17, 15) is 34.4 Å². The molecule has 0 spiro atoms. The number of nitro benzene ring substituents is 1. The van der Waals surface area contributed by atoms with Gasteiger partial charge in [0, 0.05) is 33.9 Å². The molecule has 0 radical (unpaired) electrons. The average molecular weight is 671 g/mol. The van der Waals surface area contributed by atoms with Gasteiger partial charge in [0.2, 0.25) is 11.8 Å². The fraction of sp³-hybridized carbons (Fsp3) is 0.273. The summed E-state index contributed by atoms with van der Waals surface area (Å²) in [7, 11) is 0. The van der Waals surface area contributed by atoms with E-state index in [2.05, 4.69) is 10.3 Å². The molecule has 8 rings (SSSR count). The minimum Gasteiger partial charge on any atom is -0.508 e. The molecule has 2 aliphatic heterocycles. The lowest BCUT2D eigenvalue weighted by molar-refractivity contribution is -0.384. The molecular formula is C33H26N4O8S2. The number of thiazole rings is 1. The molecule has 3 fully saturated rings. The molecule has 4 aliphatic rings. The number of phenols is 1. The maximum atomic E-state index is 14.0.